The molecule has 0 aliphatic rings. The second-order valence-electron chi connectivity index (χ2n) is 2.96. The number of aryl methyl sites for hydroxylation is 1. The number of hydrogen-bond acceptors (Lipinski definition) is 3. The minimum atomic E-state index is 0.492. The summed E-state index contributed by atoms with van der Waals surface area (Å²) in [6.07, 6.45) is 0. The minimum Gasteiger partial charge on any atom is -0.344 e. The number of nitrogens with two attached hydrogens (primary N) is 1. The molecule has 0 unspecified atom stereocenters. The van der Waals surface area contributed by atoms with E-state index >= 15 is 0 Å². The zero-order valence-electron chi connectivity index (χ0n) is 7.67. The number of H-pyrrole nitrogens is 1. The lowest BCUT2D eigenvalue weighted by Gasteiger charge is -1.94. The molecular weight excluding hydrogens is 262 g/mol. The van der Waals surface area contributed by atoms with Crippen LogP contribution in [0, 0.1) is 6.92 Å². The van der Waals surface area contributed by atoms with E-state index < -0.39 is 0 Å². The lowest BCUT2D eigenvalue weighted by molar-refractivity contribution is 0.999. The van der Waals surface area contributed by atoms with Gasteiger partial charge < -0.3 is 10.7 Å². The summed E-state index contributed by atoms with van der Waals surface area (Å²) in [4.78, 5) is 8.72. The van der Waals surface area contributed by atoms with Crippen molar-refractivity contribution in [3.8, 4) is 10.6 Å². The van der Waals surface area contributed by atoms with Gasteiger partial charge in [-0.1, -0.05) is 0 Å². The zero-order valence-corrected chi connectivity index (χ0v) is 10.1. The number of nitrogens with zero attached hydrogens (tertiary/aromatic N) is 1. The fraction of sp³-hybridized carbons (Fsp3) is 0.222. The molecule has 5 heteroatoms. The Morgan fingerprint density at radius 1 is 1.57 bits per heavy atom. The highest BCUT2D eigenvalue weighted by Crippen LogP contribution is 2.31. The normalized spacial score (nSPS) is 10.8. The van der Waals surface area contributed by atoms with Crippen LogP contribution >= 0.6 is 27.3 Å². The summed E-state index contributed by atoms with van der Waals surface area (Å²) in [5.74, 6) is 0.907. The highest BCUT2D eigenvalue weighted by molar-refractivity contribution is 9.11. The van der Waals surface area contributed by atoms with E-state index in [9.17, 15) is 0 Å². The van der Waals surface area contributed by atoms with E-state index in [2.05, 4.69) is 25.9 Å². The van der Waals surface area contributed by atoms with Gasteiger partial charge in [-0.05, 0) is 35.0 Å². The lowest BCUT2D eigenvalue weighted by Crippen LogP contribution is -1.98. The molecule has 0 aromatic carbocycles. The van der Waals surface area contributed by atoms with Gasteiger partial charge in [0.05, 0.1) is 14.4 Å². The van der Waals surface area contributed by atoms with E-state index in [1.165, 1.54) is 0 Å². The van der Waals surface area contributed by atoms with Gasteiger partial charge in [-0.25, -0.2) is 4.98 Å². The van der Waals surface area contributed by atoms with Gasteiger partial charge in [0.2, 0.25) is 0 Å². The first-order valence-electron chi connectivity index (χ1n) is 4.22. The van der Waals surface area contributed by atoms with Gasteiger partial charge in [-0.3, -0.25) is 0 Å². The van der Waals surface area contributed by atoms with E-state index in [0.29, 0.717) is 6.54 Å². The summed E-state index contributed by atoms with van der Waals surface area (Å²) in [7, 11) is 0. The average molecular weight is 272 g/mol. The Labute approximate surface area is 94.5 Å². The van der Waals surface area contributed by atoms with Gasteiger partial charge in [-0.2, -0.15) is 0 Å². The van der Waals surface area contributed by atoms with Crippen molar-refractivity contribution in [1.29, 1.82) is 0 Å². The van der Waals surface area contributed by atoms with Crippen molar-refractivity contribution >= 4 is 27.3 Å². The molecule has 74 valence electrons. The van der Waals surface area contributed by atoms with Gasteiger partial charge in [-0.15, -0.1) is 11.3 Å². The molecule has 2 aromatic rings. The summed E-state index contributed by atoms with van der Waals surface area (Å²) in [5.41, 5.74) is 7.60. The van der Waals surface area contributed by atoms with Gasteiger partial charge in [0.15, 0.2) is 0 Å². The molecule has 0 saturated carbocycles. The molecule has 0 radical (unpaired) electrons. The number of aromatic nitrogens is 2. The third kappa shape index (κ3) is 1.75. The van der Waals surface area contributed by atoms with Crippen LogP contribution in [0.4, 0.5) is 0 Å². The summed E-state index contributed by atoms with van der Waals surface area (Å²) in [6, 6.07) is 4.06. The van der Waals surface area contributed by atoms with E-state index in [1.807, 2.05) is 19.1 Å². The molecule has 0 aliphatic carbocycles. The molecule has 0 amide bonds. The fourth-order valence-electron chi connectivity index (χ4n) is 1.33. The monoisotopic (exact) mass is 271 g/mol. The van der Waals surface area contributed by atoms with Gasteiger partial charge >= 0.3 is 0 Å². The molecular formula is C9H10BrN3S. The maximum Gasteiger partial charge on any atom is 0.103 e. The number of halogens is 1. The first-order valence-corrected chi connectivity index (χ1v) is 5.83. The Hall–Kier alpha value is -0.650. The van der Waals surface area contributed by atoms with Crippen molar-refractivity contribution in [1.82, 2.24) is 9.97 Å². The number of imidazole rings is 1. The Bertz CT molecular complexity index is 447. The summed E-state index contributed by atoms with van der Waals surface area (Å²) >= 11 is 5.09. The Kier molecular flexibility index (Phi) is 2.71. The quantitative estimate of drug-likeness (QED) is 0.883. The van der Waals surface area contributed by atoms with Gasteiger partial charge in [0, 0.05) is 6.54 Å². The second kappa shape index (κ2) is 3.84. The smallest absolute Gasteiger partial charge is 0.103 e. The van der Waals surface area contributed by atoms with Crippen LogP contribution in [0.5, 0.6) is 0 Å². The van der Waals surface area contributed by atoms with E-state index in [4.69, 9.17) is 5.73 Å². The summed E-state index contributed by atoms with van der Waals surface area (Å²) in [5, 5.41) is 0. The fourth-order valence-corrected chi connectivity index (χ4v) is 2.74. The first-order chi connectivity index (χ1) is 6.70. The van der Waals surface area contributed by atoms with Crippen molar-refractivity contribution in [3.63, 3.8) is 0 Å². The second-order valence-corrected chi connectivity index (χ2v) is 5.42. The number of thiophene rings is 1. The third-order valence-corrected chi connectivity index (χ3v) is 3.54. The molecule has 0 fully saturated rings. The van der Waals surface area contributed by atoms with Crippen molar-refractivity contribution in [2.24, 2.45) is 5.73 Å². The van der Waals surface area contributed by atoms with E-state index in [-0.39, 0.29) is 0 Å². The largest absolute Gasteiger partial charge is 0.344 e. The summed E-state index contributed by atoms with van der Waals surface area (Å²) in [6.45, 7) is 2.43. The Morgan fingerprint density at radius 2 is 2.36 bits per heavy atom. The average Bonchev–Trinajstić information content (AvgIpc) is 2.71. The molecule has 0 atom stereocenters. The van der Waals surface area contributed by atoms with Crippen molar-refractivity contribution in [3.05, 3.63) is 27.4 Å². The molecule has 2 rings (SSSR count). The maximum absolute atomic E-state index is 5.63. The minimum absolute atomic E-state index is 0.492. The Morgan fingerprint density at radius 3 is 2.93 bits per heavy atom. The van der Waals surface area contributed by atoms with Crippen LogP contribution in [0.3, 0.4) is 0 Å². The van der Waals surface area contributed by atoms with Gasteiger partial charge in [0.25, 0.3) is 0 Å². The van der Waals surface area contributed by atoms with Crippen LogP contribution in [0.2, 0.25) is 0 Å². The molecule has 3 N–H and O–H groups in total. The van der Waals surface area contributed by atoms with Crippen molar-refractivity contribution in [2.45, 2.75) is 13.5 Å². The van der Waals surface area contributed by atoms with Crippen LogP contribution in [0.25, 0.3) is 10.6 Å². The number of rotatable bonds is 2. The maximum atomic E-state index is 5.63. The van der Waals surface area contributed by atoms with Gasteiger partial charge in [0.1, 0.15) is 11.5 Å². The molecule has 14 heavy (non-hydrogen) atoms. The van der Waals surface area contributed by atoms with Crippen LogP contribution in [0.1, 0.15) is 11.5 Å². The SMILES string of the molecule is Cc1nc(-c2ccc(Br)s2)c(CN)[nH]1. The third-order valence-electron chi connectivity index (χ3n) is 1.91. The topological polar surface area (TPSA) is 54.7 Å². The molecule has 0 bridgehead atoms. The molecule has 0 spiro atoms. The van der Waals surface area contributed by atoms with Crippen molar-refractivity contribution < 1.29 is 0 Å². The number of aromatic amines is 1. The highest BCUT2D eigenvalue weighted by Gasteiger charge is 2.10. The molecule has 0 aliphatic heterocycles. The zero-order chi connectivity index (χ0) is 10.1. The Balaban J connectivity index is 2.49. The predicted octanol–water partition coefficient (Wildman–Crippen LogP) is 2.67. The number of nitrogens with one attached hydrogen (secondary N) is 1. The molecule has 2 heterocycles. The number of hydrogen-bond donors (Lipinski definition) is 2. The van der Waals surface area contributed by atoms with E-state index in [0.717, 1.165) is 25.9 Å². The first kappa shape index (κ1) is 9.89. The highest BCUT2D eigenvalue weighted by atomic mass is 79.9. The summed E-state index contributed by atoms with van der Waals surface area (Å²) < 4.78 is 1.11. The molecule has 2 aromatic heterocycles. The van der Waals surface area contributed by atoms with Crippen molar-refractivity contribution in [2.75, 3.05) is 0 Å². The standard InChI is InChI=1S/C9H10BrN3S/c1-5-12-6(4-11)9(13-5)7-2-3-8(10)14-7/h2-3H,4,11H2,1H3,(H,12,13). The van der Waals surface area contributed by atoms with Crippen LogP contribution in [0.15, 0.2) is 15.9 Å². The lowest BCUT2D eigenvalue weighted by atomic mass is 10.3. The van der Waals surface area contributed by atoms with Crippen LogP contribution in [-0.4, -0.2) is 9.97 Å². The molecule has 3 nitrogen and oxygen atoms in total. The molecule has 0 saturated heterocycles. The predicted molar refractivity (Wildman–Crippen MR) is 62.2 cm³/mol. The van der Waals surface area contributed by atoms with Crippen LogP contribution in [-0.2, 0) is 6.54 Å². The van der Waals surface area contributed by atoms with Crippen LogP contribution < -0.4 is 5.73 Å². The van der Waals surface area contributed by atoms with E-state index in [1.54, 1.807) is 11.3 Å².